The second-order valence-corrected chi connectivity index (χ2v) is 7.84. The van der Waals surface area contributed by atoms with E-state index in [1.54, 1.807) is 61.7 Å². The maximum absolute atomic E-state index is 13.3. The smallest absolute Gasteiger partial charge is 0.300 e. The fraction of sp³-hybridized carbons (Fsp3) is 0.185. The van der Waals surface area contributed by atoms with Gasteiger partial charge in [0.25, 0.3) is 11.7 Å². The first-order valence-corrected chi connectivity index (χ1v) is 10.6. The number of ether oxygens (including phenoxy) is 3. The summed E-state index contributed by atoms with van der Waals surface area (Å²) < 4.78 is 16.2. The van der Waals surface area contributed by atoms with Crippen molar-refractivity contribution in [1.82, 2.24) is 0 Å². The number of aryl methyl sites for hydroxylation is 1. The van der Waals surface area contributed by atoms with Gasteiger partial charge in [-0.05, 0) is 49.4 Å². The SMILES string of the molecule is COc1ccc(N2C(=O)C(=O)C(=C(O)c3ccc(C)cc3)[C@H]2c2cc(OC)ccc2OC)cc1. The summed E-state index contributed by atoms with van der Waals surface area (Å²) in [5.41, 5.74) is 2.38. The average molecular weight is 459 g/mol. The molecule has 1 heterocycles. The molecule has 1 amide bonds. The van der Waals surface area contributed by atoms with Crippen molar-refractivity contribution in [3.05, 3.63) is 89.0 Å². The van der Waals surface area contributed by atoms with Gasteiger partial charge in [0.05, 0.1) is 32.9 Å². The molecular formula is C27H25NO6. The van der Waals surface area contributed by atoms with E-state index < -0.39 is 17.7 Å². The van der Waals surface area contributed by atoms with Crippen molar-refractivity contribution in [2.75, 3.05) is 26.2 Å². The van der Waals surface area contributed by atoms with Crippen LogP contribution in [0.2, 0.25) is 0 Å². The second kappa shape index (κ2) is 9.31. The van der Waals surface area contributed by atoms with Crippen LogP contribution in [0.5, 0.6) is 17.2 Å². The number of aliphatic hydroxyl groups is 1. The summed E-state index contributed by atoms with van der Waals surface area (Å²) in [6, 6.07) is 18.1. The molecular weight excluding hydrogens is 434 g/mol. The minimum absolute atomic E-state index is 0.0313. The van der Waals surface area contributed by atoms with E-state index >= 15 is 0 Å². The summed E-state index contributed by atoms with van der Waals surface area (Å²) in [4.78, 5) is 28.0. The molecule has 7 heteroatoms. The topological polar surface area (TPSA) is 85.3 Å². The van der Waals surface area contributed by atoms with Crippen LogP contribution in [0.25, 0.3) is 5.76 Å². The van der Waals surface area contributed by atoms with Crippen molar-refractivity contribution >= 4 is 23.1 Å². The van der Waals surface area contributed by atoms with Gasteiger partial charge in [-0.15, -0.1) is 0 Å². The third-order valence-electron chi connectivity index (χ3n) is 5.85. The van der Waals surface area contributed by atoms with Gasteiger partial charge >= 0.3 is 0 Å². The summed E-state index contributed by atoms with van der Waals surface area (Å²) in [6.45, 7) is 1.92. The van der Waals surface area contributed by atoms with E-state index in [0.717, 1.165) is 5.56 Å². The molecule has 1 saturated heterocycles. The van der Waals surface area contributed by atoms with Gasteiger partial charge in [-0.2, -0.15) is 0 Å². The minimum atomic E-state index is -0.945. The first kappa shape index (κ1) is 22.9. The molecule has 4 rings (SSSR count). The molecule has 0 aliphatic carbocycles. The molecule has 1 atom stereocenters. The number of benzene rings is 3. The average Bonchev–Trinajstić information content (AvgIpc) is 3.13. The summed E-state index contributed by atoms with van der Waals surface area (Å²) in [6.07, 6.45) is 0. The standard InChI is InChI=1S/C27H25NO6/c1-16-5-7-17(8-6-16)25(29)23-24(21-15-20(33-3)13-14-22(21)34-4)28(27(31)26(23)30)18-9-11-19(32-2)12-10-18/h5-15,24,29H,1-4H3/t24-/m1/s1. The molecule has 3 aromatic carbocycles. The molecule has 1 aliphatic heterocycles. The van der Waals surface area contributed by atoms with Crippen molar-refractivity contribution < 1.29 is 28.9 Å². The van der Waals surface area contributed by atoms with E-state index in [-0.39, 0.29) is 11.3 Å². The molecule has 0 bridgehead atoms. The van der Waals surface area contributed by atoms with E-state index in [4.69, 9.17) is 14.2 Å². The Balaban J connectivity index is 1.99. The van der Waals surface area contributed by atoms with Crippen LogP contribution >= 0.6 is 0 Å². The number of amides is 1. The number of ketones is 1. The zero-order valence-corrected chi connectivity index (χ0v) is 19.4. The van der Waals surface area contributed by atoms with Gasteiger partial charge in [-0.25, -0.2) is 0 Å². The van der Waals surface area contributed by atoms with Gasteiger partial charge in [-0.3, -0.25) is 14.5 Å². The van der Waals surface area contributed by atoms with Crippen molar-refractivity contribution in [3.8, 4) is 17.2 Å². The molecule has 0 aromatic heterocycles. The van der Waals surface area contributed by atoms with Crippen LogP contribution in [-0.4, -0.2) is 38.1 Å². The van der Waals surface area contributed by atoms with Gasteiger partial charge in [0.1, 0.15) is 23.0 Å². The van der Waals surface area contributed by atoms with Gasteiger partial charge < -0.3 is 19.3 Å². The lowest BCUT2D eigenvalue weighted by molar-refractivity contribution is -0.132. The van der Waals surface area contributed by atoms with Gasteiger partial charge in [0, 0.05) is 16.8 Å². The van der Waals surface area contributed by atoms with Crippen molar-refractivity contribution in [3.63, 3.8) is 0 Å². The third-order valence-corrected chi connectivity index (χ3v) is 5.85. The maximum atomic E-state index is 13.3. The summed E-state index contributed by atoms with van der Waals surface area (Å²) >= 11 is 0. The van der Waals surface area contributed by atoms with Crippen LogP contribution in [-0.2, 0) is 9.59 Å². The number of methoxy groups -OCH3 is 3. The molecule has 0 spiro atoms. The molecule has 0 saturated carbocycles. The van der Waals surface area contributed by atoms with E-state index in [0.29, 0.717) is 34.1 Å². The monoisotopic (exact) mass is 459 g/mol. The Morgan fingerprint density at radius 1 is 0.824 bits per heavy atom. The van der Waals surface area contributed by atoms with Crippen LogP contribution < -0.4 is 19.1 Å². The Labute approximate surface area is 197 Å². The number of Topliss-reactive ketones (excluding diaryl/α,β-unsaturated/α-hetero) is 1. The predicted octanol–water partition coefficient (Wildman–Crippen LogP) is 4.65. The summed E-state index contributed by atoms with van der Waals surface area (Å²) in [5, 5.41) is 11.3. The highest BCUT2D eigenvalue weighted by Crippen LogP contribution is 2.46. The predicted molar refractivity (Wildman–Crippen MR) is 129 cm³/mol. The van der Waals surface area contributed by atoms with E-state index in [2.05, 4.69) is 0 Å². The van der Waals surface area contributed by atoms with Crippen molar-refractivity contribution in [2.45, 2.75) is 13.0 Å². The first-order chi connectivity index (χ1) is 16.4. The fourth-order valence-corrected chi connectivity index (χ4v) is 4.06. The number of nitrogens with zero attached hydrogens (tertiary/aromatic N) is 1. The molecule has 1 N–H and O–H groups in total. The van der Waals surface area contributed by atoms with Crippen LogP contribution in [0.4, 0.5) is 5.69 Å². The van der Waals surface area contributed by atoms with Crippen LogP contribution in [0, 0.1) is 6.92 Å². The zero-order valence-electron chi connectivity index (χ0n) is 19.4. The lowest BCUT2D eigenvalue weighted by Crippen LogP contribution is -2.29. The number of aliphatic hydroxyl groups excluding tert-OH is 1. The van der Waals surface area contributed by atoms with E-state index in [9.17, 15) is 14.7 Å². The Hall–Kier alpha value is -4.26. The molecule has 0 radical (unpaired) electrons. The van der Waals surface area contributed by atoms with Gasteiger partial charge in [-0.1, -0.05) is 29.8 Å². The largest absolute Gasteiger partial charge is 0.507 e. The Morgan fingerprint density at radius 3 is 2.03 bits per heavy atom. The Bertz CT molecular complexity index is 1260. The van der Waals surface area contributed by atoms with E-state index in [1.807, 2.05) is 19.1 Å². The highest BCUT2D eigenvalue weighted by molar-refractivity contribution is 6.51. The van der Waals surface area contributed by atoms with Crippen LogP contribution in [0.1, 0.15) is 22.7 Å². The van der Waals surface area contributed by atoms with Crippen molar-refractivity contribution in [1.29, 1.82) is 0 Å². The van der Waals surface area contributed by atoms with Crippen molar-refractivity contribution in [2.24, 2.45) is 0 Å². The fourth-order valence-electron chi connectivity index (χ4n) is 4.06. The molecule has 0 unspecified atom stereocenters. The van der Waals surface area contributed by atoms with E-state index in [1.165, 1.54) is 19.1 Å². The maximum Gasteiger partial charge on any atom is 0.300 e. The summed E-state index contributed by atoms with van der Waals surface area (Å²) in [7, 11) is 4.58. The number of hydrogen-bond donors (Lipinski definition) is 1. The molecule has 7 nitrogen and oxygen atoms in total. The van der Waals surface area contributed by atoms with Crippen LogP contribution in [0.3, 0.4) is 0 Å². The second-order valence-electron chi connectivity index (χ2n) is 7.84. The Kier molecular flexibility index (Phi) is 6.27. The highest BCUT2D eigenvalue weighted by atomic mass is 16.5. The lowest BCUT2D eigenvalue weighted by atomic mass is 9.94. The van der Waals surface area contributed by atoms with Crippen LogP contribution in [0.15, 0.2) is 72.3 Å². The van der Waals surface area contributed by atoms with Gasteiger partial charge in [0.15, 0.2) is 0 Å². The first-order valence-electron chi connectivity index (χ1n) is 10.6. The Morgan fingerprint density at radius 2 is 1.44 bits per heavy atom. The molecule has 1 aliphatic rings. The molecule has 1 fully saturated rings. The highest BCUT2D eigenvalue weighted by Gasteiger charge is 2.48. The van der Waals surface area contributed by atoms with Gasteiger partial charge in [0.2, 0.25) is 0 Å². The number of rotatable bonds is 6. The number of anilines is 1. The third kappa shape index (κ3) is 3.96. The number of carbonyl (C=O) groups is 2. The number of hydrogen-bond acceptors (Lipinski definition) is 6. The molecule has 3 aromatic rings. The number of carbonyl (C=O) groups excluding carboxylic acids is 2. The zero-order chi connectivity index (χ0) is 24.4. The summed E-state index contributed by atoms with van der Waals surface area (Å²) in [5.74, 6) is -0.232. The normalized spacial score (nSPS) is 17.1. The quantitative estimate of drug-likeness (QED) is 0.328. The minimum Gasteiger partial charge on any atom is -0.507 e. The molecule has 174 valence electrons. The lowest BCUT2D eigenvalue weighted by Gasteiger charge is -2.27. The molecule has 34 heavy (non-hydrogen) atoms.